The summed E-state index contributed by atoms with van der Waals surface area (Å²) >= 11 is 3.44. The average molecular weight is 504 g/mol. The minimum Gasteiger partial charge on any atom is -0.455 e. The van der Waals surface area contributed by atoms with Crippen molar-refractivity contribution in [2.75, 3.05) is 10.7 Å². The van der Waals surface area contributed by atoms with Crippen molar-refractivity contribution in [3.8, 4) is 11.3 Å². The summed E-state index contributed by atoms with van der Waals surface area (Å²) < 4.78 is 11.6. The normalized spacial score (nSPS) is 11.4. The van der Waals surface area contributed by atoms with Crippen LogP contribution in [0.15, 0.2) is 73.2 Å². The van der Waals surface area contributed by atoms with Crippen LogP contribution in [-0.2, 0) is 0 Å². The fourth-order valence-electron chi connectivity index (χ4n) is 3.15. The predicted molar refractivity (Wildman–Crippen MR) is 130 cm³/mol. The van der Waals surface area contributed by atoms with Gasteiger partial charge in [-0.1, -0.05) is 40.2 Å². The molecule has 0 unspecified atom stereocenters. The van der Waals surface area contributed by atoms with Crippen LogP contribution in [0.5, 0.6) is 0 Å². The third-order valence-corrected chi connectivity index (χ3v) is 5.41. The maximum absolute atomic E-state index is 5.87. The second-order valence-corrected chi connectivity index (χ2v) is 8.27. The van der Waals surface area contributed by atoms with E-state index in [1.807, 2.05) is 68.4 Å². The summed E-state index contributed by atoms with van der Waals surface area (Å²) in [6, 6.07) is 17.7. The zero-order valence-electron chi connectivity index (χ0n) is 17.7. The molecule has 0 aliphatic rings. The van der Waals surface area contributed by atoms with Gasteiger partial charge >= 0.3 is 0 Å². The van der Waals surface area contributed by atoms with Crippen LogP contribution < -0.4 is 10.7 Å². The Morgan fingerprint density at radius 3 is 2.45 bits per heavy atom. The first-order chi connectivity index (χ1) is 16.0. The zero-order valence-corrected chi connectivity index (χ0v) is 19.3. The van der Waals surface area contributed by atoms with E-state index >= 15 is 0 Å². The van der Waals surface area contributed by atoms with Gasteiger partial charge in [-0.05, 0) is 65.6 Å². The molecule has 33 heavy (non-hydrogen) atoms. The second-order valence-electron chi connectivity index (χ2n) is 7.35. The molecule has 0 saturated heterocycles. The van der Waals surface area contributed by atoms with Gasteiger partial charge in [0.2, 0.25) is 11.3 Å². The molecule has 164 valence electrons. The SMILES string of the molecule is Cc1ccc(C)c(Nc2nc3nonc3nc2N/N=C\c2ccc(-c3ccc(Br)cc3)o2)c1. The van der Waals surface area contributed by atoms with Gasteiger partial charge in [0.25, 0.3) is 0 Å². The molecule has 9 nitrogen and oxygen atoms in total. The summed E-state index contributed by atoms with van der Waals surface area (Å²) in [6.07, 6.45) is 1.57. The minimum absolute atomic E-state index is 0.273. The number of halogens is 1. The summed E-state index contributed by atoms with van der Waals surface area (Å²) in [6.45, 7) is 4.03. The summed E-state index contributed by atoms with van der Waals surface area (Å²) in [5.41, 5.74) is 7.53. The summed E-state index contributed by atoms with van der Waals surface area (Å²) in [5.74, 6) is 2.15. The first-order valence-corrected chi connectivity index (χ1v) is 10.8. The van der Waals surface area contributed by atoms with E-state index in [1.54, 1.807) is 6.21 Å². The van der Waals surface area contributed by atoms with Crippen LogP contribution in [-0.4, -0.2) is 26.5 Å². The number of hydrogen-bond donors (Lipinski definition) is 2. The molecule has 2 aromatic carbocycles. The molecule has 3 heterocycles. The number of benzene rings is 2. The number of furan rings is 1. The summed E-state index contributed by atoms with van der Waals surface area (Å²) in [4.78, 5) is 8.90. The van der Waals surface area contributed by atoms with Gasteiger partial charge in [-0.3, -0.25) is 5.43 Å². The molecule has 0 saturated carbocycles. The van der Waals surface area contributed by atoms with Gasteiger partial charge < -0.3 is 9.73 Å². The molecule has 0 aliphatic heterocycles. The number of aromatic nitrogens is 4. The maximum atomic E-state index is 5.87. The van der Waals surface area contributed by atoms with Crippen LogP contribution in [0, 0.1) is 13.8 Å². The van der Waals surface area contributed by atoms with Gasteiger partial charge in [-0.25, -0.2) is 9.61 Å². The number of hydrazone groups is 1. The van der Waals surface area contributed by atoms with Crippen LogP contribution >= 0.6 is 15.9 Å². The summed E-state index contributed by atoms with van der Waals surface area (Å²) in [7, 11) is 0. The van der Waals surface area contributed by atoms with Crippen molar-refractivity contribution in [1.82, 2.24) is 20.3 Å². The quantitative estimate of drug-likeness (QED) is 0.219. The molecule has 0 radical (unpaired) electrons. The van der Waals surface area contributed by atoms with E-state index in [9.17, 15) is 0 Å². The van der Waals surface area contributed by atoms with Crippen LogP contribution in [0.25, 0.3) is 22.6 Å². The van der Waals surface area contributed by atoms with E-state index in [0.29, 0.717) is 23.0 Å². The molecule has 0 atom stereocenters. The Morgan fingerprint density at radius 1 is 0.909 bits per heavy atom. The third kappa shape index (κ3) is 4.60. The Labute approximate surface area is 197 Å². The van der Waals surface area contributed by atoms with Gasteiger partial charge in [0.15, 0.2) is 11.6 Å². The van der Waals surface area contributed by atoms with E-state index in [4.69, 9.17) is 9.05 Å². The Hall–Kier alpha value is -4.05. The monoisotopic (exact) mass is 503 g/mol. The smallest absolute Gasteiger partial charge is 0.245 e. The highest BCUT2D eigenvalue weighted by molar-refractivity contribution is 9.10. The number of nitrogens with zero attached hydrogens (tertiary/aromatic N) is 5. The largest absolute Gasteiger partial charge is 0.455 e. The maximum Gasteiger partial charge on any atom is 0.245 e. The molecule has 0 spiro atoms. The molecular formula is C23H18BrN7O2. The highest BCUT2D eigenvalue weighted by atomic mass is 79.9. The fourth-order valence-corrected chi connectivity index (χ4v) is 3.41. The van der Waals surface area contributed by atoms with Gasteiger partial charge in [0.05, 0.1) is 6.21 Å². The Balaban J connectivity index is 1.39. The number of hydrogen-bond acceptors (Lipinski definition) is 9. The van der Waals surface area contributed by atoms with E-state index in [-0.39, 0.29) is 5.65 Å². The van der Waals surface area contributed by atoms with Crippen molar-refractivity contribution in [2.45, 2.75) is 13.8 Å². The van der Waals surface area contributed by atoms with Crippen LogP contribution in [0.3, 0.4) is 0 Å². The average Bonchev–Trinajstić information content (AvgIpc) is 3.46. The molecular weight excluding hydrogens is 486 g/mol. The van der Waals surface area contributed by atoms with Crippen molar-refractivity contribution >= 4 is 50.8 Å². The lowest BCUT2D eigenvalue weighted by molar-refractivity contribution is 0.314. The number of rotatable bonds is 6. The van der Waals surface area contributed by atoms with E-state index < -0.39 is 0 Å². The lowest BCUT2D eigenvalue weighted by Gasteiger charge is -2.12. The second kappa shape index (κ2) is 8.83. The van der Waals surface area contributed by atoms with Gasteiger partial charge in [0, 0.05) is 15.7 Å². The minimum atomic E-state index is 0.273. The van der Waals surface area contributed by atoms with Crippen molar-refractivity contribution in [3.63, 3.8) is 0 Å². The Bertz CT molecular complexity index is 1460. The number of nitrogens with one attached hydrogen (secondary N) is 2. The molecule has 5 rings (SSSR count). The third-order valence-electron chi connectivity index (χ3n) is 4.88. The lowest BCUT2D eigenvalue weighted by atomic mass is 10.1. The van der Waals surface area contributed by atoms with Crippen molar-refractivity contribution in [2.24, 2.45) is 5.10 Å². The first kappa shape index (κ1) is 20.8. The predicted octanol–water partition coefficient (Wildman–Crippen LogP) is 5.84. The first-order valence-electron chi connectivity index (χ1n) is 10.0. The van der Waals surface area contributed by atoms with Gasteiger partial charge in [-0.15, -0.1) is 0 Å². The van der Waals surface area contributed by atoms with E-state index in [2.05, 4.69) is 52.1 Å². The van der Waals surface area contributed by atoms with Crippen molar-refractivity contribution in [3.05, 3.63) is 76.0 Å². The molecule has 0 bridgehead atoms. The number of fused-ring (bicyclic) bond motifs is 1. The lowest BCUT2D eigenvalue weighted by Crippen LogP contribution is -2.04. The zero-order chi connectivity index (χ0) is 22.8. The fraction of sp³-hybridized carbons (Fsp3) is 0.0870. The van der Waals surface area contributed by atoms with E-state index in [1.165, 1.54) is 0 Å². The molecule has 0 fully saturated rings. The number of aryl methyl sites for hydroxylation is 2. The standard InChI is InChI=1S/C23H18BrN7O2/c1-13-3-4-14(2)18(11-13)26-20-21(28-23-22(27-20)30-33-31-23)29-25-12-17-9-10-19(32-17)15-5-7-16(24)8-6-15/h3-12H,1-2H3,(H,26,27,30)(H,28,29,31)/b25-12-. The van der Waals surface area contributed by atoms with Crippen LogP contribution in [0.4, 0.5) is 17.3 Å². The Morgan fingerprint density at radius 2 is 1.67 bits per heavy atom. The van der Waals surface area contributed by atoms with Gasteiger partial charge in [-0.2, -0.15) is 10.1 Å². The molecule has 10 heteroatoms. The molecule has 5 aromatic rings. The summed E-state index contributed by atoms with van der Waals surface area (Å²) in [5, 5.41) is 15.1. The van der Waals surface area contributed by atoms with Crippen molar-refractivity contribution in [1.29, 1.82) is 0 Å². The topological polar surface area (TPSA) is 114 Å². The van der Waals surface area contributed by atoms with E-state index in [0.717, 1.165) is 32.6 Å². The Kier molecular flexibility index (Phi) is 5.57. The van der Waals surface area contributed by atoms with Crippen molar-refractivity contribution < 1.29 is 9.05 Å². The molecule has 0 aliphatic carbocycles. The molecule has 3 aromatic heterocycles. The number of anilines is 3. The molecule has 0 amide bonds. The van der Waals surface area contributed by atoms with Crippen LogP contribution in [0.1, 0.15) is 16.9 Å². The van der Waals surface area contributed by atoms with Gasteiger partial charge in [0.1, 0.15) is 11.5 Å². The highest BCUT2D eigenvalue weighted by Gasteiger charge is 2.14. The molecule has 2 N–H and O–H groups in total. The van der Waals surface area contributed by atoms with Crippen LogP contribution in [0.2, 0.25) is 0 Å². The highest BCUT2D eigenvalue weighted by Crippen LogP contribution is 2.27.